The first kappa shape index (κ1) is 28.2. The molecule has 2 aromatic rings. The average Bonchev–Trinajstić information content (AvgIpc) is 3.37. The summed E-state index contributed by atoms with van der Waals surface area (Å²) < 4.78 is 29.4. The van der Waals surface area contributed by atoms with E-state index in [0.717, 1.165) is 22.6 Å². The number of benzene rings is 2. The molecule has 1 saturated heterocycles. The number of carboxylic acid groups (broad SMARTS) is 1. The van der Waals surface area contributed by atoms with E-state index in [2.05, 4.69) is 0 Å². The second-order valence-electron chi connectivity index (χ2n) is 8.93. The molecular weight excluding hydrogens is 512 g/mol. The van der Waals surface area contributed by atoms with Gasteiger partial charge < -0.3 is 33.9 Å². The van der Waals surface area contributed by atoms with Crippen molar-refractivity contribution in [3.8, 4) is 11.5 Å². The first-order valence-electron chi connectivity index (χ1n) is 12.5. The van der Waals surface area contributed by atoms with Gasteiger partial charge in [0.15, 0.2) is 5.17 Å². The number of methoxy groups -OCH3 is 2. The highest BCUT2D eigenvalue weighted by molar-refractivity contribution is 8.14. The van der Waals surface area contributed by atoms with Gasteiger partial charge in [0.05, 0.1) is 34.0 Å². The summed E-state index contributed by atoms with van der Waals surface area (Å²) in [6.07, 6.45) is -2.34. The Hall–Kier alpha value is -2.83. The van der Waals surface area contributed by atoms with Crippen LogP contribution < -0.4 is 9.47 Å². The lowest BCUT2D eigenvalue weighted by Gasteiger charge is -2.42. The molecule has 2 aliphatic rings. The van der Waals surface area contributed by atoms with Crippen LogP contribution in [-0.4, -0.2) is 83.5 Å². The Kier molecular flexibility index (Phi) is 9.86. The van der Waals surface area contributed by atoms with Gasteiger partial charge in [-0.15, -0.1) is 0 Å². The Morgan fingerprint density at radius 3 is 2.00 bits per heavy atom. The molecule has 0 aromatic heterocycles. The minimum Gasteiger partial charge on any atom is -0.497 e. The van der Waals surface area contributed by atoms with Gasteiger partial charge in [0.1, 0.15) is 41.3 Å². The fourth-order valence-corrected chi connectivity index (χ4v) is 5.63. The lowest BCUT2D eigenvalue weighted by Crippen LogP contribution is -2.57. The van der Waals surface area contributed by atoms with Crippen molar-refractivity contribution in [1.29, 1.82) is 0 Å². The molecule has 10 nitrogen and oxygen atoms in total. The third-order valence-corrected chi connectivity index (χ3v) is 7.55. The fraction of sp³-hybridized carbons (Fsp3) is 0.481. The molecule has 4 rings (SSSR count). The van der Waals surface area contributed by atoms with Gasteiger partial charge in [0.25, 0.3) is 0 Å². The Morgan fingerprint density at radius 1 is 0.974 bits per heavy atom. The van der Waals surface area contributed by atoms with E-state index in [1.807, 2.05) is 55.5 Å². The number of aliphatic hydroxyl groups is 1. The zero-order valence-electron chi connectivity index (χ0n) is 21.7. The van der Waals surface area contributed by atoms with E-state index in [1.54, 1.807) is 14.2 Å². The zero-order valence-corrected chi connectivity index (χ0v) is 22.5. The van der Waals surface area contributed by atoms with Gasteiger partial charge >= 0.3 is 6.09 Å². The molecule has 1 fully saturated rings. The first-order valence-corrected chi connectivity index (χ1v) is 13.4. The third kappa shape index (κ3) is 6.59. The van der Waals surface area contributed by atoms with Crippen LogP contribution in [0.15, 0.2) is 53.5 Å². The number of aliphatic imine (C=N–C) groups is 1. The molecule has 0 saturated carbocycles. The largest absolute Gasteiger partial charge is 0.497 e. The second-order valence-corrected chi connectivity index (χ2v) is 9.99. The maximum atomic E-state index is 11.9. The van der Waals surface area contributed by atoms with Crippen molar-refractivity contribution in [3.63, 3.8) is 0 Å². The molecule has 2 aliphatic heterocycles. The van der Waals surface area contributed by atoms with Crippen molar-refractivity contribution in [2.75, 3.05) is 27.4 Å². The lowest BCUT2D eigenvalue weighted by molar-refractivity contribution is -0.205. The fourth-order valence-electron chi connectivity index (χ4n) is 4.39. The number of carbonyl (C=O) groups is 1. The molecule has 0 spiro atoms. The maximum absolute atomic E-state index is 11.9. The molecule has 0 bridgehead atoms. The average molecular weight is 547 g/mol. The van der Waals surface area contributed by atoms with E-state index < -0.39 is 35.9 Å². The van der Waals surface area contributed by atoms with E-state index in [4.69, 9.17) is 28.7 Å². The Bertz CT molecular complexity index is 1080. The lowest BCUT2D eigenvalue weighted by atomic mass is 9.97. The highest BCUT2D eigenvalue weighted by atomic mass is 32.2. The summed E-state index contributed by atoms with van der Waals surface area (Å²) in [5.74, 6) is 1.48. The van der Waals surface area contributed by atoms with Gasteiger partial charge in [-0.05, 0) is 41.8 Å². The number of nitrogens with zero attached hydrogens (tertiary/aromatic N) is 2. The van der Waals surface area contributed by atoms with Crippen molar-refractivity contribution in [1.82, 2.24) is 4.90 Å². The van der Waals surface area contributed by atoms with Crippen LogP contribution in [-0.2, 0) is 27.4 Å². The SMILES string of the molecule is CCCN(C(=O)O)C1=NC2C(O[C@H](CO)[C@@H](OCc3ccc(OC)cc3)[C@@H]2OCc2ccc(OC)cc2)S1. The number of amides is 1. The van der Waals surface area contributed by atoms with Crippen molar-refractivity contribution in [2.45, 2.75) is 56.3 Å². The number of ether oxygens (including phenoxy) is 5. The van der Waals surface area contributed by atoms with Crippen LogP contribution in [0.2, 0.25) is 0 Å². The molecule has 5 atom stereocenters. The third-order valence-electron chi connectivity index (χ3n) is 6.39. The Labute approximate surface area is 226 Å². The standard InChI is InChI=1S/C27H34N2O8S/c1-4-13-29(27(31)32)26-28-22-24(36-16-18-7-11-20(34-3)12-8-18)23(21(14-30)37-25(22)38-26)35-15-17-5-9-19(33-2)10-6-17/h5-12,21-25,30H,4,13-16H2,1-3H3,(H,31,32)/t21-,22?,23-,24-,25?/m1/s1. The maximum Gasteiger partial charge on any atom is 0.413 e. The summed E-state index contributed by atoms with van der Waals surface area (Å²) in [5.41, 5.74) is 1.34. The summed E-state index contributed by atoms with van der Waals surface area (Å²) in [7, 11) is 3.22. The van der Waals surface area contributed by atoms with E-state index in [9.17, 15) is 15.0 Å². The minimum absolute atomic E-state index is 0.259. The molecule has 0 aliphatic carbocycles. The van der Waals surface area contributed by atoms with Gasteiger partial charge in [0.2, 0.25) is 0 Å². The number of rotatable bonds is 11. The predicted molar refractivity (Wildman–Crippen MR) is 143 cm³/mol. The van der Waals surface area contributed by atoms with Crippen LogP contribution in [0.5, 0.6) is 11.5 Å². The first-order chi connectivity index (χ1) is 18.5. The number of hydrogen-bond donors (Lipinski definition) is 2. The van der Waals surface area contributed by atoms with Gasteiger partial charge in [-0.2, -0.15) is 0 Å². The Balaban J connectivity index is 1.58. The molecule has 2 N–H and O–H groups in total. The number of amidine groups is 1. The monoisotopic (exact) mass is 546 g/mol. The number of fused-ring (bicyclic) bond motifs is 1. The molecule has 2 aromatic carbocycles. The van der Waals surface area contributed by atoms with Crippen LogP contribution >= 0.6 is 11.8 Å². The summed E-state index contributed by atoms with van der Waals surface area (Å²) in [4.78, 5) is 17.9. The molecule has 0 radical (unpaired) electrons. The minimum atomic E-state index is -1.07. The zero-order chi connectivity index (χ0) is 27.1. The predicted octanol–water partition coefficient (Wildman–Crippen LogP) is 3.75. The molecule has 206 valence electrons. The summed E-state index contributed by atoms with van der Waals surface area (Å²) >= 11 is 1.24. The summed E-state index contributed by atoms with van der Waals surface area (Å²) in [6, 6.07) is 14.5. The van der Waals surface area contributed by atoms with Crippen LogP contribution in [0.25, 0.3) is 0 Å². The van der Waals surface area contributed by atoms with Crippen molar-refractivity contribution in [3.05, 3.63) is 59.7 Å². The number of aliphatic hydroxyl groups excluding tert-OH is 1. The topological polar surface area (TPSA) is 119 Å². The molecule has 11 heteroatoms. The van der Waals surface area contributed by atoms with E-state index in [1.165, 1.54) is 16.7 Å². The van der Waals surface area contributed by atoms with Crippen LogP contribution in [0, 0.1) is 0 Å². The molecule has 2 heterocycles. The Morgan fingerprint density at radius 2 is 1.53 bits per heavy atom. The van der Waals surface area contributed by atoms with Gasteiger partial charge in [-0.3, -0.25) is 9.89 Å². The van der Waals surface area contributed by atoms with Gasteiger partial charge in [-0.1, -0.05) is 43.0 Å². The molecule has 1 amide bonds. The van der Waals surface area contributed by atoms with Gasteiger partial charge in [-0.25, -0.2) is 4.79 Å². The normalized spacial score (nSPS) is 24.4. The number of thioether (sulfide) groups is 1. The van der Waals surface area contributed by atoms with E-state index in [0.29, 0.717) is 18.1 Å². The highest BCUT2D eigenvalue weighted by Crippen LogP contribution is 2.40. The summed E-state index contributed by atoms with van der Waals surface area (Å²) in [5, 5.41) is 20.3. The molecular formula is C27H34N2O8S. The van der Waals surface area contributed by atoms with E-state index >= 15 is 0 Å². The number of hydrogen-bond acceptors (Lipinski definition) is 9. The van der Waals surface area contributed by atoms with E-state index in [-0.39, 0.29) is 19.8 Å². The molecule has 38 heavy (non-hydrogen) atoms. The van der Waals surface area contributed by atoms with Crippen molar-refractivity contribution < 1.29 is 38.7 Å². The van der Waals surface area contributed by atoms with Gasteiger partial charge in [0, 0.05) is 6.54 Å². The quantitative estimate of drug-likeness (QED) is 0.434. The summed E-state index contributed by atoms with van der Waals surface area (Å²) in [6.45, 7) is 2.47. The smallest absolute Gasteiger partial charge is 0.413 e. The second kappa shape index (κ2) is 13.3. The van der Waals surface area contributed by atoms with Crippen LogP contribution in [0.4, 0.5) is 4.79 Å². The van der Waals surface area contributed by atoms with Crippen LogP contribution in [0.3, 0.4) is 0 Å². The highest BCUT2D eigenvalue weighted by Gasteiger charge is 2.51. The van der Waals surface area contributed by atoms with Crippen molar-refractivity contribution in [2.24, 2.45) is 4.99 Å². The van der Waals surface area contributed by atoms with Crippen LogP contribution in [0.1, 0.15) is 24.5 Å². The van der Waals surface area contributed by atoms with Crippen molar-refractivity contribution >= 4 is 23.0 Å². The molecule has 2 unspecified atom stereocenters.